The van der Waals surface area contributed by atoms with Gasteiger partial charge < -0.3 is 5.32 Å². The lowest BCUT2D eigenvalue weighted by Crippen LogP contribution is -2.47. The molecule has 2 heteroatoms. The van der Waals surface area contributed by atoms with Gasteiger partial charge in [-0.05, 0) is 24.2 Å². The average Bonchev–Trinajstić information content (AvgIpc) is 2.40. The molecular formula is C18H34N2. The topological polar surface area (TPSA) is 15.3 Å². The smallest absolute Gasteiger partial charge is 0.0164 e. The maximum atomic E-state index is 3.89. The standard InChI is InChI=1S/C18H34N2/c1-6-12-20(13-7-2)15-18(14-19-16(3)4)10-8-17(5)9-11-18/h6-7,16-17,19H,1-2,8-15H2,3-5H3. The first-order valence-corrected chi connectivity index (χ1v) is 8.19. The van der Waals surface area contributed by atoms with Crippen molar-refractivity contribution in [1.82, 2.24) is 10.2 Å². The third kappa shape index (κ3) is 5.80. The highest BCUT2D eigenvalue weighted by Crippen LogP contribution is 2.39. The molecule has 1 rings (SSSR count). The second kappa shape index (κ2) is 8.63. The van der Waals surface area contributed by atoms with Gasteiger partial charge in [0.05, 0.1) is 0 Å². The van der Waals surface area contributed by atoms with E-state index in [9.17, 15) is 0 Å². The van der Waals surface area contributed by atoms with Crippen LogP contribution < -0.4 is 5.32 Å². The molecule has 1 N–H and O–H groups in total. The largest absolute Gasteiger partial charge is 0.314 e. The van der Waals surface area contributed by atoms with Crippen molar-refractivity contribution in [2.45, 2.75) is 52.5 Å². The lowest BCUT2D eigenvalue weighted by atomic mass is 9.70. The molecule has 0 aliphatic heterocycles. The summed E-state index contributed by atoms with van der Waals surface area (Å²) >= 11 is 0. The maximum absolute atomic E-state index is 3.89. The Morgan fingerprint density at radius 2 is 1.75 bits per heavy atom. The molecule has 0 unspecified atom stereocenters. The molecule has 0 aromatic heterocycles. The molecule has 20 heavy (non-hydrogen) atoms. The second-order valence-corrected chi connectivity index (χ2v) is 6.99. The van der Waals surface area contributed by atoms with E-state index in [1.807, 2.05) is 12.2 Å². The van der Waals surface area contributed by atoms with Crippen molar-refractivity contribution in [1.29, 1.82) is 0 Å². The van der Waals surface area contributed by atoms with Crippen LogP contribution >= 0.6 is 0 Å². The van der Waals surface area contributed by atoms with E-state index in [4.69, 9.17) is 0 Å². The Morgan fingerprint density at radius 1 is 1.20 bits per heavy atom. The van der Waals surface area contributed by atoms with Gasteiger partial charge in [-0.15, -0.1) is 13.2 Å². The minimum atomic E-state index is 0.433. The van der Waals surface area contributed by atoms with Gasteiger partial charge in [-0.3, -0.25) is 4.90 Å². The van der Waals surface area contributed by atoms with E-state index in [0.717, 1.165) is 32.1 Å². The number of hydrogen-bond donors (Lipinski definition) is 1. The van der Waals surface area contributed by atoms with Gasteiger partial charge in [0.2, 0.25) is 0 Å². The van der Waals surface area contributed by atoms with Crippen LogP contribution in [0.15, 0.2) is 25.3 Å². The highest BCUT2D eigenvalue weighted by atomic mass is 15.1. The van der Waals surface area contributed by atoms with Crippen LogP contribution in [0.2, 0.25) is 0 Å². The predicted octanol–water partition coefficient (Wildman–Crippen LogP) is 3.85. The Morgan fingerprint density at radius 3 is 2.20 bits per heavy atom. The summed E-state index contributed by atoms with van der Waals surface area (Å²) in [5.41, 5.74) is 0.433. The molecule has 0 radical (unpaired) electrons. The van der Waals surface area contributed by atoms with E-state index in [1.165, 1.54) is 25.7 Å². The van der Waals surface area contributed by atoms with Crippen LogP contribution in [0.25, 0.3) is 0 Å². The van der Waals surface area contributed by atoms with Crippen LogP contribution in [0.5, 0.6) is 0 Å². The molecule has 116 valence electrons. The third-order valence-corrected chi connectivity index (χ3v) is 4.55. The number of rotatable bonds is 9. The van der Waals surface area contributed by atoms with Crippen molar-refractivity contribution < 1.29 is 0 Å². The van der Waals surface area contributed by atoms with E-state index in [2.05, 4.69) is 44.1 Å². The van der Waals surface area contributed by atoms with Crippen molar-refractivity contribution in [3.8, 4) is 0 Å². The van der Waals surface area contributed by atoms with Crippen LogP contribution in [-0.2, 0) is 0 Å². The molecule has 1 fully saturated rings. The summed E-state index contributed by atoms with van der Waals surface area (Å²) in [7, 11) is 0. The Labute approximate surface area is 126 Å². The summed E-state index contributed by atoms with van der Waals surface area (Å²) in [5.74, 6) is 0.898. The van der Waals surface area contributed by atoms with E-state index in [-0.39, 0.29) is 0 Å². The van der Waals surface area contributed by atoms with Crippen LogP contribution in [0.1, 0.15) is 46.5 Å². The summed E-state index contributed by atoms with van der Waals surface area (Å²) in [6, 6.07) is 0.568. The quantitative estimate of drug-likeness (QED) is 0.644. The van der Waals surface area contributed by atoms with Gasteiger partial charge in [0.15, 0.2) is 0 Å². The van der Waals surface area contributed by atoms with Crippen molar-refractivity contribution in [3.05, 3.63) is 25.3 Å². The van der Waals surface area contributed by atoms with Crippen LogP contribution in [-0.4, -0.2) is 37.1 Å². The summed E-state index contributed by atoms with van der Waals surface area (Å²) in [4.78, 5) is 2.48. The summed E-state index contributed by atoms with van der Waals surface area (Å²) in [6.07, 6.45) is 9.46. The molecule has 0 bridgehead atoms. The molecule has 0 spiro atoms. The fourth-order valence-electron chi connectivity index (χ4n) is 3.23. The Balaban J connectivity index is 2.69. The van der Waals surface area contributed by atoms with Crippen molar-refractivity contribution in [2.75, 3.05) is 26.2 Å². The number of hydrogen-bond acceptors (Lipinski definition) is 2. The van der Waals surface area contributed by atoms with Crippen LogP contribution in [0, 0.1) is 11.3 Å². The first kappa shape index (κ1) is 17.5. The van der Waals surface area contributed by atoms with Crippen molar-refractivity contribution >= 4 is 0 Å². The van der Waals surface area contributed by atoms with Crippen molar-refractivity contribution in [3.63, 3.8) is 0 Å². The van der Waals surface area contributed by atoms with E-state index >= 15 is 0 Å². The summed E-state index contributed by atoms with van der Waals surface area (Å²) in [5, 5.41) is 3.68. The third-order valence-electron chi connectivity index (χ3n) is 4.55. The lowest BCUT2D eigenvalue weighted by Gasteiger charge is -2.43. The highest BCUT2D eigenvalue weighted by Gasteiger charge is 2.35. The van der Waals surface area contributed by atoms with Crippen LogP contribution in [0.4, 0.5) is 0 Å². The van der Waals surface area contributed by atoms with Crippen LogP contribution in [0.3, 0.4) is 0 Å². The zero-order valence-corrected chi connectivity index (χ0v) is 13.8. The molecule has 0 aromatic carbocycles. The van der Waals surface area contributed by atoms with Gasteiger partial charge in [-0.25, -0.2) is 0 Å². The molecule has 0 atom stereocenters. The first-order chi connectivity index (χ1) is 9.51. The van der Waals surface area contributed by atoms with E-state index in [0.29, 0.717) is 11.5 Å². The Kier molecular flexibility index (Phi) is 7.53. The molecule has 0 aromatic rings. The predicted molar refractivity (Wildman–Crippen MR) is 90.0 cm³/mol. The fraction of sp³-hybridized carbons (Fsp3) is 0.778. The van der Waals surface area contributed by atoms with Gasteiger partial charge in [0.25, 0.3) is 0 Å². The number of nitrogens with zero attached hydrogens (tertiary/aromatic N) is 1. The lowest BCUT2D eigenvalue weighted by molar-refractivity contribution is 0.0954. The van der Waals surface area contributed by atoms with Gasteiger partial charge in [-0.1, -0.05) is 45.8 Å². The monoisotopic (exact) mass is 278 g/mol. The van der Waals surface area contributed by atoms with Gasteiger partial charge in [0.1, 0.15) is 0 Å². The molecule has 0 heterocycles. The van der Waals surface area contributed by atoms with Crippen molar-refractivity contribution in [2.24, 2.45) is 11.3 Å². The summed E-state index contributed by atoms with van der Waals surface area (Å²) in [6.45, 7) is 18.9. The zero-order chi connectivity index (χ0) is 15.0. The molecule has 2 nitrogen and oxygen atoms in total. The average molecular weight is 278 g/mol. The van der Waals surface area contributed by atoms with Gasteiger partial charge in [-0.2, -0.15) is 0 Å². The molecular weight excluding hydrogens is 244 g/mol. The molecule has 1 saturated carbocycles. The SMILES string of the molecule is C=CCN(CC=C)CC1(CNC(C)C)CCC(C)CC1. The molecule has 1 aliphatic rings. The Hall–Kier alpha value is -0.600. The molecule has 0 saturated heterocycles. The van der Waals surface area contributed by atoms with E-state index in [1.54, 1.807) is 0 Å². The maximum Gasteiger partial charge on any atom is 0.0164 e. The molecule has 0 amide bonds. The highest BCUT2D eigenvalue weighted by molar-refractivity contribution is 4.92. The second-order valence-electron chi connectivity index (χ2n) is 6.99. The van der Waals surface area contributed by atoms with E-state index < -0.39 is 0 Å². The summed E-state index contributed by atoms with van der Waals surface area (Å²) < 4.78 is 0. The fourth-order valence-corrected chi connectivity index (χ4v) is 3.23. The first-order valence-electron chi connectivity index (χ1n) is 8.19. The minimum absolute atomic E-state index is 0.433. The molecule has 1 aliphatic carbocycles. The normalized spacial score (nSPS) is 26.9. The number of nitrogens with one attached hydrogen (secondary N) is 1. The van der Waals surface area contributed by atoms with Gasteiger partial charge >= 0.3 is 0 Å². The minimum Gasteiger partial charge on any atom is -0.314 e. The Bertz CT molecular complexity index is 278. The zero-order valence-electron chi connectivity index (χ0n) is 13.8. The van der Waals surface area contributed by atoms with Gasteiger partial charge in [0, 0.05) is 32.2 Å².